The third-order valence-corrected chi connectivity index (χ3v) is 5.07. The highest BCUT2D eigenvalue weighted by Crippen LogP contribution is 2.31. The highest BCUT2D eigenvalue weighted by molar-refractivity contribution is 5.84. The first kappa shape index (κ1) is 18.6. The average Bonchev–Trinajstić information content (AvgIpc) is 3.22. The van der Waals surface area contributed by atoms with Gasteiger partial charge in [-0.1, -0.05) is 24.3 Å². The molecule has 0 fully saturated rings. The van der Waals surface area contributed by atoms with E-state index in [1.54, 1.807) is 18.5 Å². The van der Waals surface area contributed by atoms with E-state index < -0.39 is 0 Å². The molecule has 0 atom stereocenters. The molecule has 2 aromatic carbocycles. The van der Waals surface area contributed by atoms with Crippen LogP contribution in [0, 0.1) is 18.3 Å². The normalized spacial score (nSPS) is 10.8. The zero-order valence-electron chi connectivity index (χ0n) is 16.9. The average molecular weight is 402 g/mol. The maximum atomic E-state index is 9.19. The Labute approximate surface area is 179 Å². The Morgan fingerprint density at radius 2 is 1.74 bits per heavy atom. The third-order valence-electron chi connectivity index (χ3n) is 5.07. The quantitative estimate of drug-likeness (QED) is 0.464. The monoisotopic (exact) mass is 402 g/mol. The van der Waals surface area contributed by atoms with Gasteiger partial charge in [-0.25, -0.2) is 4.98 Å². The minimum Gasteiger partial charge on any atom is -0.340 e. The molecule has 3 aromatic heterocycles. The molecule has 6 heteroatoms. The second-order valence-corrected chi connectivity index (χ2v) is 7.32. The number of hydrogen-bond acceptors (Lipinski definition) is 5. The highest BCUT2D eigenvalue weighted by Gasteiger charge is 2.16. The summed E-state index contributed by atoms with van der Waals surface area (Å²) in [4.78, 5) is 21.9. The van der Waals surface area contributed by atoms with E-state index in [1.165, 1.54) is 0 Å². The fourth-order valence-corrected chi connectivity index (χ4v) is 3.64. The van der Waals surface area contributed by atoms with Crippen LogP contribution in [0.5, 0.6) is 0 Å². The number of fused-ring (bicyclic) bond motifs is 1. The molecule has 0 radical (unpaired) electrons. The number of imidazole rings is 1. The number of aryl methyl sites for hydroxylation is 1. The van der Waals surface area contributed by atoms with Crippen molar-refractivity contribution in [1.29, 1.82) is 5.26 Å². The summed E-state index contributed by atoms with van der Waals surface area (Å²) in [7, 11) is 0. The number of aromatic nitrogens is 5. The van der Waals surface area contributed by atoms with Gasteiger partial charge in [-0.15, -0.1) is 0 Å². The van der Waals surface area contributed by atoms with E-state index in [1.807, 2.05) is 61.5 Å². The number of nitrogens with one attached hydrogen (secondary N) is 1. The van der Waals surface area contributed by atoms with E-state index >= 15 is 0 Å². The molecular formula is C25H18N6. The molecule has 0 amide bonds. The molecule has 6 nitrogen and oxygen atoms in total. The Balaban J connectivity index is 1.63. The molecule has 5 rings (SSSR count). The summed E-state index contributed by atoms with van der Waals surface area (Å²) in [6.07, 6.45) is 3.96. The molecule has 0 spiro atoms. The van der Waals surface area contributed by atoms with Crippen molar-refractivity contribution in [2.24, 2.45) is 0 Å². The van der Waals surface area contributed by atoms with Gasteiger partial charge in [0.15, 0.2) is 0 Å². The number of pyridine rings is 1. The Bertz CT molecular complexity index is 1440. The number of nitriles is 1. The van der Waals surface area contributed by atoms with Gasteiger partial charge in [0, 0.05) is 30.1 Å². The first-order valence-electron chi connectivity index (χ1n) is 9.93. The second kappa shape index (κ2) is 7.81. The number of hydrogen-bond donors (Lipinski definition) is 1. The van der Waals surface area contributed by atoms with Gasteiger partial charge in [-0.2, -0.15) is 5.26 Å². The van der Waals surface area contributed by atoms with Crippen molar-refractivity contribution in [1.82, 2.24) is 24.9 Å². The minimum atomic E-state index is 0.585. The summed E-state index contributed by atoms with van der Waals surface area (Å²) in [6, 6.07) is 21.7. The Hall–Kier alpha value is -4.37. The summed E-state index contributed by atoms with van der Waals surface area (Å²) in [5.74, 6) is 0.808. The molecule has 0 unspecified atom stereocenters. The number of benzene rings is 2. The van der Waals surface area contributed by atoms with Crippen LogP contribution < -0.4 is 0 Å². The number of rotatable bonds is 4. The van der Waals surface area contributed by atoms with Gasteiger partial charge in [0.2, 0.25) is 0 Å². The van der Waals surface area contributed by atoms with E-state index in [0.717, 1.165) is 50.8 Å². The van der Waals surface area contributed by atoms with Crippen molar-refractivity contribution >= 4 is 11.0 Å². The van der Waals surface area contributed by atoms with E-state index in [-0.39, 0.29) is 0 Å². The summed E-state index contributed by atoms with van der Waals surface area (Å²) in [5, 5.41) is 9.19. The molecule has 1 N–H and O–H groups in total. The van der Waals surface area contributed by atoms with Crippen LogP contribution in [0.25, 0.3) is 33.7 Å². The van der Waals surface area contributed by atoms with Crippen LogP contribution in [-0.4, -0.2) is 24.9 Å². The van der Waals surface area contributed by atoms with Crippen LogP contribution in [0.4, 0.5) is 0 Å². The molecule has 0 aliphatic carbocycles. The zero-order chi connectivity index (χ0) is 21.2. The summed E-state index contributed by atoms with van der Waals surface area (Å²) in [6.45, 7) is 1.97. The lowest BCUT2D eigenvalue weighted by molar-refractivity contribution is 1.02. The lowest BCUT2D eigenvalue weighted by atomic mass is 10.1. The maximum absolute atomic E-state index is 9.19. The third kappa shape index (κ3) is 3.77. The standard InChI is InChI=1S/C25H18N6/c1-16-4-2-7-21(29-16)25-24(19-8-9-20-22(14-19)28-11-10-27-20)30-23(31-25)13-17-5-3-6-18(12-17)15-26/h2-12,14H,13H2,1H3,(H,30,31). The van der Waals surface area contributed by atoms with Crippen LogP contribution in [-0.2, 0) is 6.42 Å². The Morgan fingerprint density at radius 3 is 2.58 bits per heavy atom. The molecule has 148 valence electrons. The minimum absolute atomic E-state index is 0.585. The van der Waals surface area contributed by atoms with E-state index in [4.69, 9.17) is 9.97 Å². The lowest BCUT2D eigenvalue weighted by Gasteiger charge is -2.04. The van der Waals surface area contributed by atoms with Crippen LogP contribution in [0.3, 0.4) is 0 Å². The highest BCUT2D eigenvalue weighted by atomic mass is 15.0. The van der Waals surface area contributed by atoms with Gasteiger partial charge in [0.05, 0.1) is 39.7 Å². The van der Waals surface area contributed by atoms with Gasteiger partial charge in [0.25, 0.3) is 0 Å². The molecule has 0 saturated heterocycles. The molecule has 31 heavy (non-hydrogen) atoms. The predicted molar refractivity (Wildman–Crippen MR) is 119 cm³/mol. The zero-order valence-corrected chi connectivity index (χ0v) is 16.9. The largest absolute Gasteiger partial charge is 0.340 e. The van der Waals surface area contributed by atoms with Gasteiger partial charge >= 0.3 is 0 Å². The molecule has 5 aromatic rings. The van der Waals surface area contributed by atoms with Gasteiger partial charge < -0.3 is 4.98 Å². The number of aromatic amines is 1. The predicted octanol–water partition coefficient (Wildman–Crippen LogP) is 4.85. The van der Waals surface area contributed by atoms with Crippen LogP contribution >= 0.6 is 0 Å². The van der Waals surface area contributed by atoms with E-state index in [0.29, 0.717) is 12.0 Å². The first-order chi connectivity index (χ1) is 15.2. The number of H-pyrrole nitrogens is 1. The van der Waals surface area contributed by atoms with Crippen molar-refractivity contribution in [2.45, 2.75) is 13.3 Å². The van der Waals surface area contributed by atoms with Crippen molar-refractivity contribution in [3.63, 3.8) is 0 Å². The van der Waals surface area contributed by atoms with Gasteiger partial charge in [-0.05, 0) is 48.9 Å². The van der Waals surface area contributed by atoms with Crippen LogP contribution in [0.15, 0.2) is 73.1 Å². The van der Waals surface area contributed by atoms with Gasteiger partial charge in [0.1, 0.15) is 5.82 Å². The molecular weight excluding hydrogens is 384 g/mol. The molecule has 0 bridgehead atoms. The molecule has 3 heterocycles. The molecule has 0 aliphatic heterocycles. The van der Waals surface area contributed by atoms with E-state index in [2.05, 4.69) is 21.0 Å². The van der Waals surface area contributed by atoms with Crippen molar-refractivity contribution in [3.05, 3.63) is 95.7 Å². The van der Waals surface area contributed by atoms with E-state index in [9.17, 15) is 5.26 Å². The SMILES string of the molecule is Cc1cccc(-c2[nH]c(Cc3cccc(C#N)c3)nc2-c2ccc3nccnc3c2)n1. The fourth-order valence-electron chi connectivity index (χ4n) is 3.64. The van der Waals surface area contributed by atoms with Crippen LogP contribution in [0.2, 0.25) is 0 Å². The van der Waals surface area contributed by atoms with Crippen LogP contribution in [0.1, 0.15) is 22.6 Å². The van der Waals surface area contributed by atoms with Crippen molar-refractivity contribution in [3.8, 4) is 28.7 Å². The smallest absolute Gasteiger partial charge is 0.111 e. The van der Waals surface area contributed by atoms with Gasteiger partial charge in [-0.3, -0.25) is 15.0 Å². The lowest BCUT2D eigenvalue weighted by Crippen LogP contribution is -1.92. The number of nitrogens with zero attached hydrogens (tertiary/aromatic N) is 5. The van der Waals surface area contributed by atoms with Crippen molar-refractivity contribution < 1.29 is 0 Å². The fraction of sp³-hybridized carbons (Fsp3) is 0.0800. The summed E-state index contributed by atoms with van der Waals surface area (Å²) >= 11 is 0. The Kier molecular flexibility index (Phi) is 4.70. The summed E-state index contributed by atoms with van der Waals surface area (Å²) in [5.41, 5.74) is 7.70. The topological polar surface area (TPSA) is 91.1 Å². The molecule has 0 aliphatic rings. The summed E-state index contributed by atoms with van der Waals surface area (Å²) < 4.78 is 0. The first-order valence-corrected chi connectivity index (χ1v) is 9.93. The Morgan fingerprint density at radius 1 is 0.903 bits per heavy atom. The van der Waals surface area contributed by atoms with Crippen molar-refractivity contribution in [2.75, 3.05) is 0 Å². The maximum Gasteiger partial charge on any atom is 0.111 e. The molecule has 0 saturated carbocycles. The second-order valence-electron chi connectivity index (χ2n) is 7.32.